The van der Waals surface area contributed by atoms with E-state index in [2.05, 4.69) is 34.1 Å². The summed E-state index contributed by atoms with van der Waals surface area (Å²) in [6, 6.07) is 14.1. The Balaban J connectivity index is 1.21. The lowest BCUT2D eigenvalue weighted by molar-refractivity contribution is -0.134. The SMILES string of the molecule is CCC(C(=O)N1CCN(CCCc2nc(-c3cccs3)no2)CC1)c1ccccc1. The van der Waals surface area contributed by atoms with Crippen molar-refractivity contribution in [2.45, 2.75) is 32.1 Å². The van der Waals surface area contributed by atoms with E-state index in [0.29, 0.717) is 11.7 Å². The van der Waals surface area contributed by atoms with E-state index >= 15 is 0 Å². The molecule has 3 heterocycles. The van der Waals surface area contributed by atoms with Crippen LogP contribution in [0, 0.1) is 0 Å². The number of aryl methyl sites for hydroxylation is 1. The van der Waals surface area contributed by atoms with Crippen LogP contribution in [0.2, 0.25) is 0 Å². The van der Waals surface area contributed by atoms with E-state index in [1.165, 1.54) is 0 Å². The number of piperazine rings is 1. The second kappa shape index (κ2) is 10.00. The van der Waals surface area contributed by atoms with Crippen LogP contribution in [0.4, 0.5) is 0 Å². The largest absolute Gasteiger partial charge is 0.340 e. The molecule has 1 amide bonds. The van der Waals surface area contributed by atoms with Crippen LogP contribution < -0.4 is 0 Å². The summed E-state index contributed by atoms with van der Waals surface area (Å²) in [5.41, 5.74) is 1.12. The number of carbonyl (C=O) groups is 1. The van der Waals surface area contributed by atoms with Gasteiger partial charge in [0.1, 0.15) is 0 Å². The van der Waals surface area contributed by atoms with E-state index in [1.807, 2.05) is 40.6 Å². The van der Waals surface area contributed by atoms with Gasteiger partial charge in [0.25, 0.3) is 0 Å². The third-order valence-corrected chi connectivity index (χ3v) is 6.53. The second-order valence-corrected chi connectivity index (χ2v) is 8.58. The zero-order valence-corrected chi connectivity index (χ0v) is 18.2. The summed E-state index contributed by atoms with van der Waals surface area (Å²) in [5, 5.41) is 6.08. The van der Waals surface area contributed by atoms with Crippen molar-refractivity contribution in [3.8, 4) is 10.7 Å². The second-order valence-electron chi connectivity index (χ2n) is 7.63. The molecule has 1 atom stereocenters. The minimum absolute atomic E-state index is 0.0344. The van der Waals surface area contributed by atoms with E-state index in [4.69, 9.17) is 4.52 Å². The van der Waals surface area contributed by atoms with Gasteiger partial charge in [-0.3, -0.25) is 9.69 Å². The fourth-order valence-electron chi connectivity index (χ4n) is 3.97. The number of benzene rings is 1. The van der Waals surface area contributed by atoms with Gasteiger partial charge in [-0.15, -0.1) is 11.3 Å². The highest BCUT2D eigenvalue weighted by Gasteiger charge is 2.27. The van der Waals surface area contributed by atoms with Crippen molar-refractivity contribution in [2.75, 3.05) is 32.7 Å². The van der Waals surface area contributed by atoms with Gasteiger partial charge in [-0.25, -0.2) is 0 Å². The Morgan fingerprint density at radius 2 is 1.93 bits per heavy atom. The summed E-state index contributed by atoms with van der Waals surface area (Å²) in [4.78, 5) is 23.0. The minimum atomic E-state index is -0.0344. The molecule has 7 heteroatoms. The number of thiophene rings is 1. The molecule has 0 aliphatic carbocycles. The molecule has 0 spiro atoms. The molecule has 0 bridgehead atoms. The average Bonchev–Trinajstić information content (AvgIpc) is 3.48. The molecule has 1 fully saturated rings. The van der Waals surface area contributed by atoms with Gasteiger partial charge >= 0.3 is 0 Å². The Kier molecular flexibility index (Phi) is 6.92. The molecule has 0 saturated carbocycles. The van der Waals surface area contributed by atoms with Crippen molar-refractivity contribution in [1.29, 1.82) is 0 Å². The lowest BCUT2D eigenvalue weighted by Crippen LogP contribution is -2.50. The van der Waals surface area contributed by atoms with Crippen LogP contribution in [0.3, 0.4) is 0 Å². The lowest BCUT2D eigenvalue weighted by Gasteiger charge is -2.36. The highest BCUT2D eigenvalue weighted by atomic mass is 32.1. The number of rotatable bonds is 8. The molecule has 6 nitrogen and oxygen atoms in total. The van der Waals surface area contributed by atoms with Crippen molar-refractivity contribution in [3.05, 3.63) is 59.3 Å². The molecule has 4 rings (SSSR count). The average molecular weight is 425 g/mol. The molecule has 0 radical (unpaired) electrons. The Labute approximate surface area is 181 Å². The van der Waals surface area contributed by atoms with Crippen LogP contribution in [-0.4, -0.2) is 58.6 Å². The van der Waals surface area contributed by atoms with Crippen molar-refractivity contribution in [1.82, 2.24) is 19.9 Å². The first kappa shape index (κ1) is 20.8. The molecule has 1 saturated heterocycles. The molecule has 3 aromatic rings. The Bertz CT molecular complexity index is 918. The highest BCUT2D eigenvalue weighted by molar-refractivity contribution is 7.13. The molecule has 0 N–H and O–H groups in total. The Hall–Kier alpha value is -2.51. The van der Waals surface area contributed by atoms with Crippen molar-refractivity contribution < 1.29 is 9.32 Å². The lowest BCUT2D eigenvalue weighted by atomic mass is 9.95. The quantitative estimate of drug-likeness (QED) is 0.545. The fourth-order valence-corrected chi connectivity index (χ4v) is 4.62. The summed E-state index contributed by atoms with van der Waals surface area (Å²) >= 11 is 1.61. The van der Waals surface area contributed by atoms with E-state index in [1.54, 1.807) is 11.3 Å². The number of aromatic nitrogens is 2. The molecule has 1 unspecified atom stereocenters. The topological polar surface area (TPSA) is 62.5 Å². The summed E-state index contributed by atoms with van der Waals surface area (Å²) in [5.74, 6) is 1.60. The maximum absolute atomic E-state index is 13.0. The van der Waals surface area contributed by atoms with Crippen LogP contribution >= 0.6 is 11.3 Å². The highest BCUT2D eigenvalue weighted by Crippen LogP contribution is 2.23. The predicted octanol–water partition coefficient (Wildman–Crippen LogP) is 4.07. The van der Waals surface area contributed by atoms with E-state index in [0.717, 1.165) is 62.4 Å². The minimum Gasteiger partial charge on any atom is -0.340 e. The zero-order chi connectivity index (χ0) is 20.8. The van der Waals surface area contributed by atoms with Gasteiger partial charge in [0.05, 0.1) is 10.8 Å². The number of nitrogens with zero attached hydrogens (tertiary/aromatic N) is 4. The number of hydrogen-bond acceptors (Lipinski definition) is 6. The van der Waals surface area contributed by atoms with Crippen LogP contribution in [0.5, 0.6) is 0 Å². The predicted molar refractivity (Wildman–Crippen MR) is 118 cm³/mol. The number of amides is 1. The summed E-state index contributed by atoms with van der Waals surface area (Å²) in [7, 11) is 0. The van der Waals surface area contributed by atoms with E-state index < -0.39 is 0 Å². The first-order valence-electron chi connectivity index (χ1n) is 10.7. The molecular weight excluding hydrogens is 396 g/mol. The monoisotopic (exact) mass is 424 g/mol. The van der Waals surface area contributed by atoms with Crippen LogP contribution in [0.1, 0.15) is 37.1 Å². The first-order chi connectivity index (χ1) is 14.7. The molecule has 30 heavy (non-hydrogen) atoms. The Morgan fingerprint density at radius 1 is 1.13 bits per heavy atom. The van der Waals surface area contributed by atoms with Crippen LogP contribution in [-0.2, 0) is 11.2 Å². The molecule has 158 valence electrons. The smallest absolute Gasteiger partial charge is 0.230 e. The molecule has 2 aromatic heterocycles. The molecule has 1 aromatic carbocycles. The normalized spacial score (nSPS) is 16.0. The van der Waals surface area contributed by atoms with Gasteiger partial charge < -0.3 is 9.42 Å². The van der Waals surface area contributed by atoms with Gasteiger partial charge in [0, 0.05) is 32.6 Å². The summed E-state index contributed by atoms with van der Waals surface area (Å²) in [6.07, 6.45) is 2.59. The fraction of sp³-hybridized carbons (Fsp3) is 0.435. The van der Waals surface area contributed by atoms with Gasteiger partial charge in [0.15, 0.2) is 0 Å². The van der Waals surface area contributed by atoms with Gasteiger partial charge in [-0.1, -0.05) is 48.5 Å². The van der Waals surface area contributed by atoms with Crippen molar-refractivity contribution >= 4 is 17.2 Å². The van der Waals surface area contributed by atoms with Crippen LogP contribution in [0.15, 0.2) is 52.4 Å². The molecule has 1 aliphatic heterocycles. The number of carbonyl (C=O) groups excluding carboxylic acids is 1. The van der Waals surface area contributed by atoms with Crippen molar-refractivity contribution in [3.63, 3.8) is 0 Å². The third kappa shape index (κ3) is 4.96. The standard InChI is InChI=1S/C23H28N4O2S/c1-2-19(18-8-4-3-5-9-18)23(28)27-15-13-26(14-16-27)12-6-11-21-24-22(25-29-21)20-10-7-17-30-20/h3-5,7-10,17,19H,2,6,11-16H2,1H3. The summed E-state index contributed by atoms with van der Waals surface area (Å²) < 4.78 is 5.38. The number of hydrogen-bond donors (Lipinski definition) is 0. The zero-order valence-electron chi connectivity index (χ0n) is 17.4. The Morgan fingerprint density at radius 3 is 2.63 bits per heavy atom. The van der Waals surface area contributed by atoms with Crippen LogP contribution in [0.25, 0.3) is 10.7 Å². The van der Waals surface area contributed by atoms with Gasteiger partial charge in [0.2, 0.25) is 17.6 Å². The molecule has 1 aliphatic rings. The van der Waals surface area contributed by atoms with E-state index in [9.17, 15) is 4.79 Å². The maximum atomic E-state index is 13.0. The van der Waals surface area contributed by atoms with Crippen molar-refractivity contribution in [2.24, 2.45) is 0 Å². The third-order valence-electron chi connectivity index (χ3n) is 5.67. The van der Waals surface area contributed by atoms with Gasteiger partial charge in [-0.2, -0.15) is 4.98 Å². The maximum Gasteiger partial charge on any atom is 0.230 e. The first-order valence-corrected chi connectivity index (χ1v) is 11.5. The van der Waals surface area contributed by atoms with Gasteiger partial charge in [-0.05, 0) is 36.4 Å². The summed E-state index contributed by atoms with van der Waals surface area (Å²) in [6.45, 7) is 6.50. The van der Waals surface area contributed by atoms with E-state index in [-0.39, 0.29) is 11.8 Å². The molecular formula is C23H28N4O2S.